The monoisotopic (exact) mass is 261 g/mol. The molecular weight excluding hydrogens is 246 g/mol. The van der Waals surface area contributed by atoms with Crippen molar-refractivity contribution in [1.82, 2.24) is 4.98 Å². The van der Waals surface area contributed by atoms with E-state index in [1.165, 1.54) is 24.2 Å². The Kier molecular flexibility index (Phi) is 5.18. The van der Waals surface area contributed by atoms with Crippen LogP contribution in [0.15, 0.2) is 5.38 Å². The first-order chi connectivity index (χ1) is 7.29. The molecule has 0 atom stereocenters. The van der Waals surface area contributed by atoms with Crippen LogP contribution in [0, 0.1) is 0 Å². The smallest absolute Gasteiger partial charge is 0.226 e. The van der Waals surface area contributed by atoms with Gasteiger partial charge in [0.1, 0.15) is 0 Å². The summed E-state index contributed by atoms with van der Waals surface area (Å²) in [6.07, 6.45) is 3.69. The highest BCUT2D eigenvalue weighted by molar-refractivity contribution is 7.13. The number of hydrogen-bond acceptors (Lipinski definition) is 4. The number of anilines is 1. The number of aromatic nitrogens is 1. The van der Waals surface area contributed by atoms with Crippen LogP contribution in [-0.2, 0) is 4.79 Å². The molecule has 3 N–H and O–H groups in total. The average molecular weight is 262 g/mol. The molecule has 0 radical (unpaired) electrons. The minimum Gasteiger partial charge on any atom is -0.330 e. The Morgan fingerprint density at radius 3 is 3.00 bits per heavy atom. The van der Waals surface area contributed by atoms with E-state index < -0.39 is 0 Å². The van der Waals surface area contributed by atoms with Crippen molar-refractivity contribution in [2.24, 2.45) is 5.73 Å². The van der Waals surface area contributed by atoms with Gasteiger partial charge in [0.15, 0.2) is 5.13 Å². The van der Waals surface area contributed by atoms with Crippen molar-refractivity contribution >= 4 is 34.8 Å². The number of nitrogens with zero attached hydrogens (tertiary/aromatic N) is 1. The summed E-state index contributed by atoms with van der Waals surface area (Å²) in [5.74, 6) is 0.660. The van der Waals surface area contributed by atoms with Gasteiger partial charge in [-0.1, -0.05) is 0 Å². The Bertz CT molecular complexity index is 352. The first-order valence-electron chi connectivity index (χ1n) is 5.25. The normalized spacial score (nSPS) is 14.3. The van der Waals surface area contributed by atoms with Crippen LogP contribution in [0.3, 0.4) is 0 Å². The van der Waals surface area contributed by atoms with Crippen LogP contribution in [0.5, 0.6) is 0 Å². The van der Waals surface area contributed by atoms with Crippen LogP contribution in [0.4, 0.5) is 5.13 Å². The number of thiazole rings is 1. The van der Waals surface area contributed by atoms with Crippen LogP contribution < -0.4 is 11.1 Å². The summed E-state index contributed by atoms with van der Waals surface area (Å²) < 4.78 is 0. The molecule has 0 aromatic carbocycles. The van der Waals surface area contributed by atoms with E-state index in [-0.39, 0.29) is 18.3 Å². The molecule has 0 saturated heterocycles. The zero-order valence-electron chi connectivity index (χ0n) is 8.94. The zero-order valence-corrected chi connectivity index (χ0v) is 10.6. The molecule has 0 unspecified atom stereocenters. The van der Waals surface area contributed by atoms with Crippen LogP contribution >= 0.6 is 23.7 Å². The summed E-state index contributed by atoms with van der Waals surface area (Å²) >= 11 is 1.51. The number of hydrogen-bond donors (Lipinski definition) is 2. The van der Waals surface area contributed by atoms with Crippen LogP contribution in [0.2, 0.25) is 0 Å². The molecule has 1 aliphatic rings. The molecule has 1 fully saturated rings. The van der Waals surface area contributed by atoms with E-state index in [9.17, 15) is 4.79 Å². The van der Waals surface area contributed by atoms with E-state index in [1.807, 2.05) is 5.38 Å². The van der Waals surface area contributed by atoms with Gasteiger partial charge in [0.25, 0.3) is 0 Å². The van der Waals surface area contributed by atoms with E-state index in [0.29, 0.717) is 18.9 Å². The maximum atomic E-state index is 11.4. The summed E-state index contributed by atoms with van der Waals surface area (Å²) in [5, 5.41) is 5.55. The van der Waals surface area contributed by atoms with Crippen molar-refractivity contribution in [1.29, 1.82) is 0 Å². The minimum atomic E-state index is 0. The van der Waals surface area contributed by atoms with Gasteiger partial charge in [-0.25, -0.2) is 4.98 Å². The Morgan fingerprint density at radius 1 is 1.62 bits per heavy atom. The van der Waals surface area contributed by atoms with E-state index in [4.69, 9.17) is 5.73 Å². The SMILES string of the molecule is Cl.NCCCC(=O)Nc1nc(C2CC2)cs1. The van der Waals surface area contributed by atoms with Crippen molar-refractivity contribution < 1.29 is 4.79 Å². The van der Waals surface area contributed by atoms with Gasteiger partial charge >= 0.3 is 0 Å². The van der Waals surface area contributed by atoms with Gasteiger partial charge in [-0.3, -0.25) is 4.79 Å². The molecule has 2 rings (SSSR count). The molecular formula is C10H16ClN3OS. The van der Waals surface area contributed by atoms with E-state index in [1.54, 1.807) is 0 Å². The number of nitrogens with one attached hydrogen (secondary N) is 1. The maximum absolute atomic E-state index is 11.4. The molecule has 0 aliphatic heterocycles. The second-order valence-electron chi connectivity index (χ2n) is 3.79. The second kappa shape index (κ2) is 6.18. The van der Waals surface area contributed by atoms with Crippen molar-refractivity contribution in [3.63, 3.8) is 0 Å². The standard InChI is InChI=1S/C10H15N3OS.ClH/c11-5-1-2-9(14)13-10-12-8(6-15-10)7-3-4-7;/h6-7H,1-5,11H2,(H,12,13,14);1H. The summed E-state index contributed by atoms with van der Waals surface area (Å²) in [6.45, 7) is 0.554. The molecule has 90 valence electrons. The summed E-state index contributed by atoms with van der Waals surface area (Å²) in [4.78, 5) is 15.7. The maximum Gasteiger partial charge on any atom is 0.226 e. The molecule has 16 heavy (non-hydrogen) atoms. The zero-order chi connectivity index (χ0) is 10.7. The van der Waals surface area contributed by atoms with Crippen molar-refractivity contribution in [2.45, 2.75) is 31.6 Å². The lowest BCUT2D eigenvalue weighted by atomic mass is 10.3. The highest BCUT2D eigenvalue weighted by Crippen LogP contribution is 2.40. The van der Waals surface area contributed by atoms with Gasteiger partial charge in [0, 0.05) is 17.7 Å². The van der Waals surface area contributed by atoms with Gasteiger partial charge in [0.2, 0.25) is 5.91 Å². The topological polar surface area (TPSA) is 68.0 Å². The Morgan fingerprint density at radius 2 is 2.38 bits per heavy atom. The fraction of sp³-hybridized carbons (Fsp3) is 0.600. The average Bonchev–Trinajstić information content (AvgIpc) is 2.98. The summed E-state index contributed by atoms with van der Waals surface area (Å²) in [7, 11) is 0. The van der Waals surface area contributed by atoms with Gasteiger partial charge in [0.05, 0.1) is 5.69 Å². The van der Waals surface area contributed by atoms with Gasteiger partial charge in [-0.15, -0.1) is 23.7 Å². The predicted octanol–water partition coefficient (Wildman–Crippen LogP) is 2.12. The number of halogens is 1. The second-order valence-corrected chi connectivity index (χ2v) is 4.65. The largest absolute Gasteiger partial charge is 0.330 e. The highest BCUT2D eigenvalue weighted by Gasteiger charge is 2.26. The minimum absolute atomic E-state index is 0. The van der Waals surface area contributed by atoms with Crippen molar-refractivity contribution in [3.05, 3.63) is 11.1 Å². The lowest BCUT2D eigenvalue weighted by molar-refractivity contribution is -0.116. The highest BCUT2D eigenvalue weighted by atomic mass is 35.5. The third kappa shape index (κ3) is 3.73. The molecule has 4 nitrogen and oxygen atoms in total. The summed E-state index contributed by atoms with van der Waals surface area (Å²) in [5.41, 5.74) is 6.46. The fourth-order valence-corrected chi connectivity index (χ4v) is 2.16. The first kappa shape index (κ1) is 13.4. The van der Waals surface area contributed by atoms with E-state index in [0.717, 1.165) is 17.2 Å². The number of nitrogens with two attached hydrogens (primary N) is 1. The fourth-order valence-electron chi connectivity index (χ4n) is 1.35. The molecule has 1 heterocycles. The molecule has 0 spiro atoms. The first-order valence-corrected chi connectivity index (χ1v) is 6.13. The Hall–Kier alpha value is -0.650. The van der Waals surface area contributed by atoms with Crippen LogP contribution in [0.25, 0.3) is 0 Å². The quantitative estimate of drug-likeness (QED) is 0.853. The molecule has 1 aromatic heterocycles. The van der Waals surface area contributed by atoms with Crippen LogP contribution in [0.1, 0.15) is 37.3 Å². The number of carbonyl (C=O) groups is 1. The lowest BCUT2D eigenvalue weighted by Crippen LogP contribution is -2.13. The number of rotatable bonds is 5. The van der Waals surface area contributed by atoms with Gasteiger partial charge < -0.3 is 11.1 Å². The predicted molar refractivity (Wildman–Crippen MR) is 68.3 cm³/mol. The molecule has 1 amide bonds. The molecule has 1 aliphatic carbocycles. The number of carbonyl (C=O) groups excluding carboxylic acids is 1. The Labute approximate surface area is 105 Å². The van der Waals surface area contributed by atoms with E-state index >= 15 is 0 Å². The molecule has 6 heteroatoms. The van der Waals surface area contributed by atoms with Gasteiger partial charge in [-0.05, 0) is 25.8 Å². The van der Waals surface area contributed by atoms with Crippen molar-refractivity contribution in [2.75, 3.05) is 11.9 Å². The Balaban J connectivity index is 0.00000128. The van der Waals surface area contributed by atoms with Crippen molar-refractivity contribution in [3.8, 4) is 0 Å². The third-order valence-corrected chi connectivity index (χ3v) is 3.15. The van der Waals surface area contributed by atoms with E-state index in [2.05, 4.69) is 10.3 Å². The lowest BCUT2D eigenvalue weighted by Gasteiger charge is -1.99. The number of amides is 1. The molecule has 0 bridgehead atoms. The molecule has 1 aromatic rings. The van der Waals surface area contributed by atoms with Gasteiger partial charge in [-0.2, -0.15) is 0 Å². The van der Waals surface area contributed by atoms with Crippen LogP contribution in [-0.4, -0.2) is 17.4 Å². The summed E-state index contributed by atoms with van der Waals surface area (Å²) in [6, 6.07) is 0. The molecule has 1 saturated carbocycles. The third-order valence-electron chi connectivity index (χ3n) is 2.37.